The van der Waals surface area contributed by atoms with E-state index in [1.54, 1.807) is 42.5 Å². The van der Waals surface area contributed by atoms with Gasteiger partial charge in [0.15, 0.2) is 0 Å². The Bertz CT molecular complexity index is 1150. The van der Waals surface area contributed by atoms with E-state index in [4.69, 9.17) is 11.2 Å². The molecule has 5 amide bonds. The zero-order chi connectivity index (χ0) is 22.7. The molecule has 9 heteroatoms. The number of carbonyl (C=O) groups excluding carboxylic acids is 4. The maximum atomic E-state index is 12.8. The van der Waals surface area contributed by atoms with Crippen molar-refractivity contribution in [2.45, 2.75) is 25.4 Å². The molecular weight excluding hydrogens is 412 g/mol. The van der Waals surface area contributed by atoms with Crippen molar-refractivity contribution in [1.82, 2.24) is 10.2 Å². The highest BCUT2D eigenvalue weighted by Crippen LogP contribution is 2.30. The molecule has 0 spiro atoms. The van der Waals surface area contributed by atoms with Gasteiger partial charge in [-0.15, -0.1) is 6.42 Å². The van der Waals surface area contributed by atoms with Crippen LogP contribution in [-0.2, 0) is 16.1 Å². The number of piperidine rings is 1. The summed E-state index contributed by atoms with van der Waals surface area (Å²) in [4.78, 5) is 50.2. The summed E-state index contributed by atoms with van der Waals surface area (Å²) in [5.74, 6) is 1.74. The normalized spacial score (nSPS) is 17.3. The average molecular weight is 432 g/mol. The molecule has 0 radical (unpaired) electrons. The van der Waals surface area contributed by atoms with Crippen LogP contribution >= 0.6 is 0 Å². The van der Waals surface area contributed by atoms with Crippen LogP contribution in [0.1, 0.15) is 28.8 Å². The molecule has 1 fully saturated rings. The number of imide groups is 1. The second kappa shape index (κ2) is 8.81. The third kappa shape index (κ3) is 4.25. The molecule has 4 rings (SSSR count). The van der Waals surface area contributed by atoms with Crippen molar-refractivity contribution in [3.63, 3.8) is 0 Å². The Morgan fingerprint density at radius 1 is 1.19 bits per heavy atom. The Labute approximate surface area is 184 Å². The number of carbonyl (C=O) groups is 4. The lowest BCUT2D eigenvalue weighted by molar-refractivity contribution is -0.136. The van der Waals surface area contributed by atoms with Crippen molar-refractivity contribution >= 4 is 35.1 Å². The number of hydrogen-bond donors (Lipinski definition) is 3. The van der Waals surface area contributed by atoms with Gasteiger partial charge in [0.05, 0.1) is 5.69 Å². The van der Waals surface area contributed by atoms with Crippen molar-refractivity contribution in [2.24, 2.45) is 0 Å². The molecule has 1 saturated heterocycles. The molecule has 0 aliphatic carbocycles. The number of anilines is 2. The minimum absolute atomic E-state index is 0.0723. The first-order valence-electron chi connectivity index (χ1n) is 9.97. The van der Waals surface area contributed by atoms with E-state index in [-0.39, 0.29) is 31.4 Å². The number of hydrogen-bond acceptors (Lipinski definition) is 5. The third-order valence-corrected chi connectivity index (χ3v) is 5.23. The van der Waals surface area contributed by atoms with Gasteiger partial charge in [-0.25, -0.2) is 4.79 Å². The predicted molar refractivity (Wildman–Crippen MR) is 116 cm³/mol. The number of urea groups is 1. The van der Waals surface area contributed by atoms with Gasteiger partial charge in [-0.1, -0.05) is 18.1 Å². The third-order valence-electron chi connectivity index (χ3n) is 5.23. The van der Waals surface area contributed by atoms with Crippen LogP contribution in [0, 0.1) is 12.3 Å². The van der Waals surface area contributed by atoms with E-state index in [0.717, 1.165) is 0 Å². The summed E-state index contributed by atoms with van der Waals surface area (Å²) in [7, 11) is 0. The maximum Gasteiger partial charge on any atom is 0.323 e. The zero-order valence-electron chi connectivity index (χ0n) is 17.0. The molecule has 2 aliphatic heterocycles. The maximum absolute atomic E-state index is 12.8. The standard InChI is InChI=1S/C23H20N4O5/c1-2-11-32-19-6-4-3-5-17(19)25-23(31)24-15-7-8-16-14(12-15)13-27(22(16)30)18-9-10-20(28)26-21(18)29/h1,3-8,12,18H,9-11,13H2,(H2,24,25,31)(H,26,28,29). The van der Waals surface area contributed by atoms with E-state index >= 15 is 0 Å². The number of benzene rings is 2. The lowest BCUT2D eigenvalue weighted by Crippen LogP contribution is -2.52. The molecule has 2 heterocycles. The first-order valence-corrected chi connectivity index (χ1v) is 9.97. The SMILES string of the molecule is C#CCOc1ccccc1NC(=O)Nc1ccc2c(c1)CN(C1CCC(=O)NC1=O)C2=O. The zero-order valence-corrected chi connectivity index (χ0v) is 17.0. The summed E-state index contributed by atoms with van der Waals surface area (Å²) < 4.78 is 5.42. The molecule has 9 nitrogen and oxygen atoms in total. The van der Waals surface area contributed by atoms with Crippen LogP contribution < -0.4 is 20.7 Å². The summed E-state index contributed by atoms with van der Waals surface area (Å²) in [6.07, 6.45) is 5.70. The fourth-order valence-corrected chi connectivity index (χ4v) is 3.75. The Kier molecular flexibility index (Phi) is 5.77. The van der Waals surface area contributed by atoms with Gasteiger partial charge in [-0.05, 0) is 42.3 Å². The molecule has 1 unspecified atom stereocenters. The molecule has 0 aromatic heterocycles. The van der Waals surface area contributed by atoms with E-state index in [1.807, 2.05) is 0 Å². The van der Waals surface area contributed by atoms with Crippen molar-refractivity contribution < 1.29 is 23.9 Å². The van der Waals surface area contributed by atoms with Crippen LogP contribution in [0.15, 0.2) is 42.5 Å². The summed E-state index contributed by atoms with van der Waals surface area (Å²) in [6, 6.07) is 10.6. The first kappa shape index (κ1) is 20.9. The minimum Gasteiger partial charge on any atom is -0.479 e. The Morgan fingerprint density at radius 2 is 2.00 bits per heavy atom. The number of fused-ring (bicyclic) bond motifs is 1. The first-order chi connectivity index (χ1) is 15.5. The highest BCUT2D eigenvalue weighted by Gasteiger charge is 2.39. The molecule has 3 N–H and O–H groups in total. The second-order valence-corrected chi connectivity index (χ2v) is 7.34. The Morgan fingerprint density at radius 3 is 2.78 bits per heavy atom. The largest absolute Gasteiger partial charge is 0.479 e. The van der Waals surface area contributed by atoms with Gasteiger partial charge in [-0.2, -0.15) is 0 Å². The molecular formula is C23H20N4O5. The Hall–Kier alpha value is -4.32. The van der Waals surface area contributed by atoms with Gasteiger partial charge < -0.3 is 20.3 Å². The number of nitrogens with one attached hydrogen (secondary N) is 3. The smallest absolute Gasteiger partial charge is 0.323 e. The highest BCUT2D eigenvalue weighted by atomic mass is 16.5. The number of nitrogens with zero attached hydrogens (tertiary/aromatic N) is 1. The molecule has 0 bridgehead atoms. The van der Waals surface area contributed by atoms with E-state index in [9.17, 15) is 19.2 Å². The molecule has 32 heavy (non-hydrogen) atoms. The number of para-hydroxylation sites is 2. The molecule has 1 atom stereocenters. The highest BCUT2D eigenvalue weighted by molar-refractivity contribution is 6.06. The molecule has 0 saturated carbocycles. The van der Waals surface area contributed by atoms with Gasteiger partial charge in [-0.3, -0.25) is 19.7 Å². The van der Waals surface area contributed by atoms with Crippen LogP contribution in [-0.4, -0.2) is 41.3 Å². The van der Waals surface area contributed by atoms with Crippen LogP contribution in [0.4, 0.5) is 16.2 Å². The fraction of sp³-hybridized carbons (Fsp3) is 0.217. The predicted octanol–water partition coefficient (Wildman–Crippen LogP) is 2.10. The van der Waals surface area contributed by atoms with Crippen molar-refractivity contribution in [1.29, 1.82) is 0 Å². The topological polar surface area (TPSA) is 117 Å². The van der Waals surface area contributed by atoms with Gasteiger partial charge in [0.1, 0.15) is 18.4 Å². The van der Waals surface area contributed by atoms with Crippen molar-refractivity contribution in [3.05, 3.63) is 53.6 Å². The van der Waals surface area contributed by atoms with Gasteiger partial charge >= 0.3 is 6.03 Å². The number of terminal acetylenes is 1. The summed E-state index contributed by atoms with van der Waals surface area (Å²) in [5.41, 5.74) is 2.10. The second-order valence-electron chi connectivity index (χ2n) is 7.34. The van der Waals surface area contributed by atoms with Crippen LogP contribution in [0.3, 0.4) is 0 Å². The molecule has 2 aromatic rings. The van der Waals surface area contributed by atoms with E-state index in [0.29, 0.717) is 34.7 Å². The molecule has 2 aliphatic rings. The van der Waals surface area contributed by atoms with Crippen molar-refractivity contribution in [3.8, 4) is 18.1 Å². The number of amides is 5. The number of rotatable bonds is 5. The number of ether oxygens (including phenoxy) is 1. The van der Waals surface area contributed by atoms with Gasteiger partial charge in [0.2, 0.25) is 11.8 Å². The van der Waals surface area contributed by atoms with Crippen LogP contribution in [0.2, 0.25) is 0 Å². The van der Waals surface area contributed by atoms with E-state index in [2.05, 4.69) is 21.9 Å². The fourth-order valence-electron chi connectivity index (χ4n) is 3.75. The summed E-state index contributed by atoms with van der Waals surface area (Å²) in [6.45, 7) is 0.295. The monoisotopic (exact) mass is 432 g/mol. The lowest BCUT2D eigenvalue weighted by Gasteiger charge is -2.29. The van der Waals surface area contributed by atoms with Crippen LogP contribution in [0.5, 0.6) is 5.75 Å². The molecule has 2 aromatic carbocycles. The van der Waals surface area contributed by atoms with E-state index < -0.39 is 18.0 Å². The summed E-state index contributed by atoms with van der Waals surface area (Å²) >= 11 is 0. The lowest BCUT2D eigenvalue weighted by atomic mass is 10.0. The molecule has 162 valence electrons. The average Bonchev–Trinajstić information content (AvgIpc) is 3.08. The minimum atomic E-state index is -0.688. The summed E-state index contributed by atoms with van der Waals surface area (Å²) in [5, 5.41) is 7.71. The van der Waals surface area contributed by atoms with E-state index in [1.165, 1.54) is 4.90 Å². The van der Waals surface area contributed by atoms with Gasteiger partial charge in [0.25, 0.3) is 5.91 Å². The Balaban J connectivity index is 1.44. The quantitative estimate of drug-likeness (QED) is 0.494. The van der Waals surface area contributed by atoms with Crippen molar-refractivity contribution in [2.75, 3.05) is 17.2 Å². The van der Waals surface area contributed by atoms with Gasteiger partial charge in [0, 0.05) is 24.2 Å². The van der Waals surface area contributed by atoms with Crippen LogP contribution in [0.25, 0.3) is 0 Å².